The quantitative estimate of drug-likeness (QED) is 0.572. The molecule has 3 atom stereocenters. The molecule has 1 aromatic heterocycles. The molecule has 0 aliphatic carbocycles. The molecule has 0 radical (unpaired) electrons. The minimum Gasteiger partial charge on any atom is -0.459 e. The predicted octanol–water partition coefficient (Wildman–Crippen LogP) is 2.22. The molecule has 4 rings (SSSR count). The van der Waals surface area contributed by atoms with Gasteiger partial charge in [0.2, 0.25) is 0 Å². The molecule has 33 heavy (non-hydrogen) atoms. The number of carbonyl (C=O) groups excluding carboxylic acids is 2. The average Bonchev–Trinajstić information content (AvgIpc) is 3.23. The minimum absolute atomic E-state index is 0.136. The van der Waals surface area contributed by atoms with E-state index in [9.17, 15) is 19.2 Å². The van der Waals surface area contributed by atoms with Crippen LogP contribution in [0.5, 0.6) is 0 Å². The number of ether oxygens (including phenoxy) is 3. The average molecular weight is 450 g/mol. The zero-order chi connectivity index (χ0) is 23.4. The summed E-state index contributed by atoms with van der Waals surface area (Å²) in [6.45, 7) is 1.38. The summed E-state index contributed by atoms with van der Waals surface area (Å²) in [5.74, 6) is -1.11. The van der Waals surface area contributed by atoms with Gasteiger partial charge in [0.25, 0.3) is 5.56 Å². The molecule has 1 aliphatic heterocycles. The van der Waals surface area contributed by atoms with Crippen molar-refractivity contribution in [2.24, 2.45) is 0 Å². The molecular formula is C24H22N2O7. The van der Waals surface area contributed by atoms with Crippen molar-refractivity contribution >= 4 is 11.9 Å². The number of aromatic amines is 1. The van der Waals surface area contributed by atoms with Crippen LogP contribution in [0.4, 0.5) is 0 Å². The van der Waals surface area contributed by atoms with Gasteiger partial charge in [0, 0.05) is 18.2 Å². The Morgan fingerprint density at radius 1 is 1.00 bits per heavy atom. The number of aromatic nitrogens is 2. The maximum Gasteiger partial charge on any atom is 0.338 e. The Labute approximate surface area is 188 Å². The summed E-state index contributed by atoms with van der Waals surface area (Å²) >= 11 is 0. The zero-order valence-corrected chi connectivity index (χ0v) is 17.8. The summed E-state index contributed by atoms with van der Waals surface area (Å²) in [5, 5.41) is 0. The van der Waals surface area contributed by atoms with E-state index < -0.39 is 41.6 Å². The van der Waals surface area contributed by atoms with E-state index in [2.05, 4.69) is 4.98 Å². The third kappa shape index (κ3) is 5.09. The first kappa shape index (κ1) is 22.2. The highest BCUT2D eigenvalue weighted by atomic mass is 16.6. The number of esters is 2. The van der Waals surface area contributed by atoms with Crippen molar-refractivity contribution in [2.75, 3.05) is 6.61 Å². The molecule has 2 aromatic carbocycles. The lowest BCUT2D eigenvalue weighted by Crippen LogP contribution is -2.33. The van der Waals surface area contributed by atoms with Crippen molar-refractivity contribution in [3.63, 3.8) is 0 Å². The van der Waals surface area contributed by atoms with Crippen LogP contribution < -0.4 is 11.2 Å². The van der Waals surface area contributed by atoms with Crippen molar-refractivity contribution in [1.29, 1.82) is 0 Å². The molecule has 2 heterocycles. The highest BCUT2D eigenvalue weighted by Crippen LogP contribution is 2.31. The molecule has 1 aliphatic rings. The van der Waals surface area contributed by atoms with Crippen molar-refractivity contribution in [3.8, 4) is 0 Å². The summed E-state index contributed by atoms with van der Waals surface area (Å²) in [6.07, 6.45) is -0.889. The van der Waals surface area contributed by atoms with Crippen LogP contribution in [0.2, 0.25) is 0 Å². The van der Waals surface area contributed by atoms with Gasteiger partial charge in [0.1, 0.15) is 25.0 Å². The third-order valence-corrected chi connectivity index (χ3v) is 5.29. The number of aryl methyl sites for hydroxylation is 1. The summed E-state index contributed by atoms with van der Waals surface area (Å²) in [7, 11) is 0. The molecule has 0 bridgehead atoms. The van der Waals surface area contributed by atoms with Gasteiger partial charge in [0.05, 0.1) is 11.1 Å². The number of nitrogens with one attached hydrogen (secondary N) is 1. The van der Waals surface area contributed by atoms with Crippen LogP contribution in [0.3, 0.4) is 0 Å². The van der Waals surface area contributed by atoms with Crippen LogP contribution in [0.25, 0.3) is 0 Å². The molecule has 3 aromatic rings. The van der Waals surface area contributed by atoms with Crippen LogP contribution >= 0.6 is 0 Å². The first-order valence-corrected chi connectivity index (χ1v) is 10.4. The molecule has 1 N–H and O–H groups in total. The van der Waals surface area contributed by atoms with Gasteiger partial charge >= 0.3 is 17.6 Å². The van der Waals surface area contributed by atoms with Crippen molar-refractivity contribution < 1.29 is 23.8 Å². The van der Waals surface area contributed by atoms with Crippen LogP contribution in [0.15, 0.2) is 76.4 Å². The fraction of sp³-hybridized carbons (Fsp3) is 0.250. The first-order chi connectivity index (χ1) is 15.9. The van der Waals surface area contributed by atoms with E-state index >= 15 is 0 Å². The van der Waals surface area contributed by atoms with E-state index in [4.69, 9.17) is 14.2 Å². The lowest BCUT2D eigenvalue weighted by Gasteiger charge is -2.19. The second kappa shape index (κ2) is 9.66. The van der Waals surface area contributed by atoms with Gasteiger partial charge in [-0.25, -0.2) is 14.4 Å². The molecule has 170 valence electrons. The Morgan fingerprint density at radius 3 is 2.24 bits per heavy atom. The highest BCUT2D eigenvalue weighted by Gasteiger charge is 2.40. The topological polar surface area (TPSA) is 117 Å². The Morgan fingerprint density at radius 2 is 1.61 bits per heavy atom. The molecule has 0 spiro atoms. The smallest absolute Gasteiger partial charge is 0.338 e. The molecule has 0 saturated carbocycles. The van der Waals surface area contributed by atoms with Gasteiger partial charge in [-0.05, 0) is 31.2 Å². The molecule has 1 fully saturated rings. The number of benzene rings is 2. The van der Waals surface area contributed by atoms with Crippen LogP contribution in [-0.2, 0) is 14.2 Å². The maximum atomic E-state index is 12.6. The van der Waals surface area contributed by atoms with E-state index in [1.165, 1.54) is 10.8 Å². The normalized spacial score (nSPS) is 19.7. The number of hydrogen-bond donors (Lipinski definition) is 1. The zero-order valence-electron chi connectivity index (χ0n) is 17.8. The van der Waals surface area contributed by atoms with E-state index in [-0.39, 0.29) is 13.0 Å². The van der Waals surface area contributed by atoms with E-state index in [0.717, 1.165) is 0 Å². The maximum absolute atomic E-state index is 12.6. The summed E-state index contributed by atoms with van der Waals surface area (Å²) in [6, 6.07) is 16.9. The Balaban J connectivity index is 1.53. The van der Waals surface area contributed by atoms with Gasteiger partial charge in [-0.1, -0.05) is 36.4 Å². The SMILES string of the molecule is Cc1cn([C@H]2C[C@H](OC(=O)c3ccccc3)[C@@H](COC(=O)c3ccccc3)O2)c(=O)[nH]c1=O. The number of rotatable bonds is 6. The summed E-state index contributed by atoms with van der Waals surface area (Å²) in [4.78, 5) is 51.2. The Bertz CT molecular complexity index is 1250. The van der Waals surface area contributed by atoms with Crippen molar-refractivity contribution in [3.05, 3.63) is 104 Å². The lowest BCUT2D eigenvalue weighted by atomic mass is 10.1. The van der Waals surface area contributed by atoms with Gasteiger partial charge < -0.3 is 14.2 Å². The lowest BCUT2D eigenvalue weighted by molar-refractivity contribution is -0.0582. The fourth-order valence-electron chi connectivity index (χ4n) is 3.54. The minimum atomic E-state index is -0.818. The monoisotopic (exact) mass is 450 g/mol. The van der Waals surface area contributed by atoms with Gasteiger partial charge in [-0.2, -0.15) is 0 Å². The Kier molecular flexibility index (Phi) is 6.50. The van der Waals surface area contributed by atoms with Gasteiger partial charge in [-0.3, -0.25) is 14.3 Å². The van der Waals surface area contributed by atoms with Crippen LogP contribution in [0.1, 0.15) is 38.9 Å². The summed E-state index contributed by atoms with van der Waals surface area (Å²) in [5.41, 5.74) is -0.0781. The van der Waals surface area contributed by atoms with E-state index in [1.54, 1.807) is 67.6 Å². The first-order valence-electron chi connectivity index (χ1n) is 10.4. The number of hydrogen-bond acceptors (Lipinski definition) is 7. The predicted molar refractivity (Wildman–Crippen MR) is 117 cm³/mol. The Hall–Kier alpha value is -3.98. The molecule has 9 heteroatoms. The third-order valence-electron chi connectivity index (χ3n) is 5.29. The second-order valence-electron chi connectivity index (χ2n) is 7.62. The molecule has 1 saturated heterocycles. The number of nitrogens with zero attached hydrogens (tertiary/aromatic N) is 1. The number of H-pyrrole nitrogens is 1. The van der Waals surface area contributed by atoms with E-state index in [1.807, 2.05) is 0 Å². The van der Waals surface area contributed by atoms with Crippen molar-refractivity contribution in [2.45, 2.75) is 31.8 Å². The van der Waals surface area contributed by atoms with Gasteiger partial charge in [0.15, 0.2) is 0 Å². The molecule has 9 nitrogen and oxygen atoms in total. The van der Waals surface area contributed by atoms with Crippen LogP contribution in [0, 0.1) is 6.92 Å². The second-order valence-corrected chi connectivity index (χ2v) is 7.62. The fourth-order valence-corrected chi connectivity index (χ4v) is 3.54. The highest BCUT2D eigenvalue weighted by molar-refractivity contribution is 5.90. The van der Waals surface area contributed by atoms with Gasteiger partial charge in [-0.15, -0.1) is 0 Å². The summed E-state index contributed by atoms with van der Waals surface area (Å²) < 4.78 is 18.2. The molecular weight excluding hydrogens is 428 g/mol. The van der Waals surface area contributed by atoms with E-state index in [0.29, 0.717) is 16.7 Å². The molecule has 0 amide bonds. The molecule has 0 unspecified atom stereocenters. The standard InChI is InChI=1S/C24H22N2O7/c1-15-13-26(24(30)25-21(15)27)20-12-18(33-23(29)17-10-6-3-7-11-17)19(32-20)14-31-22(28)16-8-4-2-5-9-16/h2-11,13,18-20H,12,14H2,1H3,(H,25,27,30)/t18-,19+,20+/m0/s1. The largest absolute Gasteiger partial charge is 0.459 e. The van der Waals surface area contributed by atoms with Crippen molar-refractivity contribution in [1.82, 2.24) is 9.55 Å². The number of carbonyl (C=O) groups is 2. The van der Waals surface area contributed by atoms with Crippen LogP contribution in [-0.4, -0.2) is 40.3 Å².